The lowest BCUT2D eigenvalue weighted by atomic mass is 10.1. The summed E-state index contributed by atoms with van der Waals surface area (Å²) in [5, 5.41) is 3.15. The van der Waals surface area contributed by atoms with E-state index < -0.39 is 0 Å². The van der Waals surface area contributed by atoms with Crippen molar-refractivity contribution < 1.29 is 9.53 Å². The van der Waals surface area contributed by atoms with Crippen molar-refractivity contribution in [2.75, 3.05) is 6.61 Å². The minimum atomic E-state index is -0.382. The first-order valence-electron chi connectivity index (χ1n) is 9.78. The first-order valence-corrected chi connectivity index (χ1v) is 9.78. The number of aromatic nitrogens is 2. The molecule has 0 saturated carbocycles. The number of imidazole rings is 1. The molecular weight excluding hydrogens is 374 g/mol. The second kappa shape index (κ2) is 8.66. The number of benzene rings is 3. The summed E-state index contributed by atoms with van der Waals surface area (Å²) >= 11 is 0. The van der Waals surface area contributed by atoms with Crippen molar-refractivity contribution in [1.82, 2.24) is 14.9 Å². The van der Waals surface area contributed by atoms with E-state index in [0.717, 1.165) is 22.4 Å². The number of nitrogens with zero attached hydrogens (tertiary/aromatic N) is 2. The molecule has 0 spiro atoms. The summed E-state index contributed by atoms with van der Waals surface area (Å²) in [7, 11) is 1.97. The Kier molecular flexibility index (Phi) is 5.61. The maximum atomic E-state index is 13.0. The van der Waals surface area contributed by atoms with Crippen LogP contribution in [0.4, 0.5) is 0 Å². The number of carbonyl (C=O) groups is 1. The number of hydrogen-bond donors (Lipinski definition) is 1. The van der Waals surface area contributed by atoms with Crippen LogP contribution < -0.4 is 10.1 Å². The van der Waals surface area contributed by atoms with Gasteiger partial charge in [0.1, 0.15) is 24.2 Å². The lowest BCUT2D eigenvalue weighted by Gasteiger charge is -2.19. The molecule has 3 aromatic carbocycles. The molecule has 1 unspecified atom stereocenters. The van der Waals surface area contributed by atoms with Crippen molar-refractivity contribution in [2.24, 2.45) is 7.05 Å². The largest absolute Gasteiger partial charge is 0.490 e. The number of ether oxygens (including phenoxy) is 1. The zero-order valence-electron chi connectivity index (χ0n) is 16.8. The van der Waals surface area contributed by atoms with E-state index in [2.05, 4.69) is 11.9 Å². The molecule has 1 amide bonds. The molecule has 1 N–H and O–H groups in total. The molecule has 1 atom stereocenters. The second-order valence-corrected chi connectivity index (χ2v) is 6.96. The Hall–Kier alpha value is -3.86. The number of fused-ring (bicyclic) bond motifs is 1. The van der Waals surface area contributed by atoms with E-state index in [0.29, 0.717) is 17.9 Å². The van der Waals surface area contributed by atoms with Gasteiger partial charge >= 0.3 is 0 Å². The topological polar surface area (TPSA) is 56.1 Å². The Morgan fingerprint density at radius 2 is 1.77 bits per heavy atom. The van der Waals surface area contributed by atoms with Crippen molar-refractivity contribution in [3.63, 3.8) is 0 Å². The van der Waals surface area contributed by atoms with Crippen molar-refractivity contribution >= 4 is 16.9 Å². The normalized spacial score (nSPS) is 11.8. The van der Waals surface area contributed by atoms with Gasteiger partial charge in [0.2, 0.25) is 0 Å². The Morgan fingerprint density at radius 3 is 2.47 bits per heavy atom. The molecule has 1 heterocycles. The van der Waals surface area contributed by atoms with E-state index in [1.807, 2.05) is 66.2 Å². The maximum Gasteiger partial charge on any atom is 0.252 e. The highest BCUT2D eigenvalue weighted by atomic mass is 16.5. The van der Waals surface area contributed by atoms with Gasteiger partial charge in [-0.15, -0.1) is 0 Å². The van der Waals surface area contributed by atoms with Gasteiger partial charge in [-0.05, 0) is 42.0 Å². The molecule has 0 saturated heterocycles. The van der Waals surface area contributed by atoms with Crippen LogP contribution in [0.5, 0.6) is 5.75 Å². The number of para-hydroxylation sites is 2. The predicted octanol–water partition coefficient (Wildman–Crippen LogP) is 4.66. The lowest BCUT2D eigenvalue weighted by Crippen LogP contribution is -2.31. The monoisotopic (exact) mass is 397 g/mol. The van der Waals surface area contributed by atoms with Crippen LogP contribution in [0.25, 0.3) is 11.0 Å². The van der Waals surface area contributed by atoms with Crippen LogP contribution in [-0.4, -0.2) is 22.1 Å². The average Bonchev–Trinajstić information content (AvgIpc) is 3.13. The number of nitrogens with one attached hydrogen (secondary N) is 1. The number of hydrogen-bond acceptors (Lipinski definition) is 3. The Labute approximate surface area is 175 Å². The third kappa shape index (κ3) is 3.96. The molecule has 0 bridgehead atoms. The van der Waals surface area contributed by atoms with Gasteiger partial charge in [0.25, 0.3) is 5.91 Å². The first kappa shape index (κ1) is 19.5. The van der Waals surface area contributed by atoms with Crippen LogP contribution in [0.1, 0.15) is 27.8 Å². The van der Waals surface area contributed by atoms with Crippen LogP contribution in [0.2, 0.25) is 0 Å². The van der Waals surface area contributed by atoms with Crippen LogP contribution >= 0.6 is 0 Å². The molecule has 150 valence electrons. The van der Waals surface area contributed by atoms with Gasteiger partial charge in [0, 0.05) is 12.6 Å². The first-order chi connectivity index (χ1) is 14.7. The van der Waals surface area contributed by atoms with Crippen molar-refractivity contribution in [1.29, 1.82) is 0 Å². The summed E-state index contributed by atoms with van der Waals surface area (Å²) in [6.07, 6.45) is 1.68. The summed E-state index contributed by atoms with van der Waals surface area (Å²) in [6.45, 7) is 4.06. The summed E-state index contributed by atoms with van der Waals surface area (Å²) in [6, 6.07) is 24.5. The smallest absolute Gasteiger partial charge is 0.252 e. The number of rotatable bonds is 7. The minimum Gasteiger partial charge on any atom is -0.490 e. The van der Waals surface area contributed by atoms with Gasteiger partial charge in [-0.25, -0.2) is 4.98 Å². The highest BCUT2D eigenvalue weighted by Crippen LogP contribution is 2.25. The molecule has 0 aliphatic rings. The number of carbonyl (C=O) groups excluding carboxylic acids is 1. The molecule has 4 rings (SSSR count). The van der Waals surface area contributed by atoms with Crippen LogP contribution in [0.15, 0.2) is 91.5 Å². The highest BCUT2D eigenvalue weighted by molar-refractivity contribution is 5.94. The number of amides is 1. The SMILES string of the molecule is C=CCOc1ccc(C(=O)NC(c2ccccc2)c2nc3ccccc3n2C)cc1. The average molecular weight is 397 g/mol. The third-order valence-corrected chi connectivity index (χ3v) is 4.97. The van der Waals surface area contributed by atoms with E-state index in [1.165, 1.54) is 0 Å². The Bertz CT molecular complexity index is 1160. The van der Waals surface area contributed by atoms with Gasteiger partial charge in [-0.2, -0.15) is 0 Å². The van der Waals surface area contributed by atoms with E-state index in [1.54, 1.807) is 30.3 Å². The standard InChI is InChI=1S/C25H23N3O2/c1-3-17-30-20-15-13-19(14-16-20)25(29)27-23(18-9-5-4-6-10-18)24-26-21-11-7-8-12-22(21)28(24)2/h3-16,23H,1,17H2,2H3,(H,27,29). The summed E-state index contributed by atoms with van der Waals surface area (Å²) in [4.78, 5) is 17.9. The fraction of sp³-hybridized carbons (Fsp3) is 0.120. The van der Waals surface area contributed by atoms with Gasteiger partial charge < -0.3 is 14.6 Å². The minimum absolute atomic E-state index is 0.175. The predicted molar refractivity (Wildman–Crippen MR) is 119 cm³/mol. The third-order valence-electron chi connectivity index (χ3n) is 4.97. The molecule has 0 radical (unpaired) electrons. The molecule has 0 aliphatic carbocycles. The van der Waals surface area contributed by atoms with Crippen molar-refractivity contribution in [3.05, 3.63) is 108 Å². The van der Waals surface area contributed by atoms with Gasteiger partial charge in [-0.3, -0.25) is 4.79 Å². The fourth-order valence-electron chi connectivity index (χ4n) is 3.44. The summed E-state index contributed by atoms with van der Waals surface area (Å²) < 4.78 is 7.52. The fourth-order valence-corrected chi connectivity index (χ4v) is 3.44. The van der Waals surface area contributed by atoms with Crippen LogP contribution in [-0.2, 0) is 7.05 Å². The highest BCUT2D eigenvalue weighted by Gasteiger charge is 2.23. The lowest BCUT2D eigenvalue weighted by molar-refractivity contribution is 0.0941. The Morgan fingerprint density at radius 1 is 1.07 bits per heavy atom. The molecule has 0 fully saturated rings. The molecule has 0 aliphatic heterocycles. The van der Waals surface area contributed by atoms with Crippen molar-refractivity contribution in [3.8, 4) is 5.75 Å². The molecular formula is C25H23N3O2. The van der Waals surface area contributed by atoms with E-state index >= 15 is 0 Å². The second-order valence-electron chi connectivity index (χ2n) is 6.96. The van der Waals surface area contributed by atoms with Crippen LogP contribution in [0, 0.1) is 0 Å². The molecule has 30 heavy (non-hydrogen) atoms. The Balaban J connectivity index is 1.66. The molecule has 1 aromatic heterocycles. The zero-order chi connectivity index (χ0) is 20.9. The quantitative estimate of drug-likeness (QED) is 0.462. The summed E-state index contributed by atoms with van der Waals surface area (Å²) in [5.74, 6) is 1.30. The van der Waals surface area contributed by atoms with Crippen molar-refractivity contribution in [2.45, 2.75) is 6.04 Å². The van der Waals surface area contributed by atoms with E-state index in [9.17, 15) is 4.79 Å². The van der Waals surface area contributed by atoms with Crippen LogP contribution in [0.3, 0.4) is 0 Å². The van der Waals surface area contributed by atoms with Gasteiger partial charge in [0.15, 0.2) is 0 Å². The number of aryl methyl sites for hydroxylation is 1. The van der Waals surface area contributed by atoms with E-state index in [-0.39, 0.29) is 11.9 Å². The van der Waals surface area contributed by atoms with Gasteiger partial charge in [-0.1, -0.05) is 55.1 Å². The molecule has 5 heteroatoms. The maximum absolute atomic E-state index is 13.0. The van der Waals surface area contributed by atoms with E-state index in [4.69, 9.17) is 9.72 Å². The molecule has 4 aromatic rings. The molecule has 5 nitrogen and oxygen atoms in total. The van der Waals surface area contributed by atoms with Gasteiger partial charge in [0.05, 0.1) is 11.0 Å². The summed E-state index contributed by atoms with van der Waals surface area (Å²) in [5.41, 5.74) is 3.44. The zero-order valence-corrected chi connectivity index (χ0v) is 16.8.